The van der Waals surface area contributed by atoms with Gasteiger partial charge in [-0.15, -0.1) is 0 Å². The second-order valence-electron chi connectivity index (χ2n) is 4.33. The lowest BCUT2D eigenvalue weighted by Crippen LogP contribution is -2.08. The van der Waals surface area contributed by atoms with Crippen LogP contribution in [0.25, 0.3) is 5.57 Å². The molecule has 114 valence electrons. The van der Waals surface area contributed by atoms with Crippen LogP contribution < -0.4 is 9.47 Å². The fourth-order valence-corrected chi connectivity index (χ4v) is 1.90. The van der Waals surface area contributed by atoms with Crippen molar-refractivity contribution in [2.45, 2.75) is 20.8 Å². The maximum Gasteiger partial charge on any atom is 0.308 e. The van der Waals surface area contributed by atoms with Crippen molar-refractivity contribution in [1.82, 2.24) is 0 Å². The second kappa shape index (κ2) is 7.69. The molecule has 0 aliphatic rings. The van der Waals surface area contributed by atoms with Gasteiger partial charge in [-0.3, -0.25) is 9.59 Å². The van der Waals surface area contributed by atoms with Crippen LogP contribution in [-0.4, -0.2) is 25.7 Å². The van der Waals surface area contributed by atoms with E-state index in [2.05, 4.69) is 0 Å². The molecule has 5 nitrogen and oxygen atoms in total. The highest BCUT2D eigenvalue weighted by Gasteiger charge is 2.15. The van der Waals surface area contributed by atoms with Gasteiger partial charge in [0.25, 0.3) is 0 Å². The SMILES string of the molecule is COc1cc(C(=CCl)COC(C)=O)c(OC(C)=O)cc1C. The van der Waals surface area contributed by atoms with Gasteiger partial charge in [-0.25, -0.2) is 0 Å². The second-order valence-corrected chi connectivity index (χ2v) is 4.54. The molecule has 6 heteroatoms. The van der Waals surface area contributed by atoms with Crippen molar-refractivity contribution in [3.63, 3.8) is 0 Å². The zero-order valence-corrected chi connectivity index (χ0v) is 13.1. The summed E-state index contributed by atoms with van der Waals surface area (Å²) in [5, 5.41) is 0. The summed E-state index contributed by atoms with van der Waals surface area (Å²) in [4.78, 5) is 22.1. The minimum absolute atomic E-state index is 0.0285. The summed E-state index contributed by atoms with van der Waals surface area (Å²) in [7, 11) is 1.54. The van der Waals surface area contributed by atoms with E-state index in [0.717, 1.165) is 5.56 Å². The van der Waals surface area contributed by atoms with Crippen molar-refractivity contribution in [2.24, 2.45) is 0 Å². The molecule has 0 heterocycles. The van der Waals surface area contributed by atoms with Gasteiger partial charge in [0.2, 0.25) is 0 Å². The topological polar surface area (TPSA) is 61.8 Å². The van der Waals surface area contributed by atoms with Crippen LogP contribution in [-0.2, 0) is 14.3 Å². The van der Waals surface area contributed by atoms with E-state index in [1.807, 2.05) is 6.92 Å². The lowest BCUT2D eigenvalue weighted by atomic mass is 10.0. The Morgan fingerprint density at radius 1 is 1.19 bits per heavy atom. The number of methoxy groups -OCH3 is 1. The first kappa shape index (κ1) is 17.0. The number of hydrogen-bond donors (Lipinski definition) is 0. The molecule has 1 aromatic carbocycles. The molecule has 0 N–H and O–H groups in total. The first-order chi connectivity index (χ1) is 9.88. The van der Waals surface area contributed by atoms with E-state index >= 15 is 0 Å². The molecular weight excluding hydrogens is 296 g/mol. The van der Waals surface area contributed by atoms with E-state index in [9.17, 15) is 9.59 Å². The van der Waals surface area contributed by atoms with Gasteiger partial charge in [-0.2, -0.15) is 0 Å². The molecule has 1 aromatic rings. The zero-order valence-electron chi connectivity index (χ0n) is 12.4. The Balaban J connectivity index is 3.28. The number of aryl methyl sites for hydroxylation is 1. The van der Waals surface area contributed by atoms with Gasteiger partial charge in [0.1, 0.15) is 18.1 Å². The smallest absolute Gasteiger partial charge is 0.308 e. The minimum atomic E-state index is -0.456. The third kappa shape index (κ3) is 4.79. The van der Waals surface area contributed by atoms with Gasteiger partial charge in [0.15, 0.2) is 0 Å². The molecule has 1 rings (SSSR count). The van der Waals surface area contributed by atoms with Crippen LogP contribution in [0.3, 0.4) is 0 Å². The third-order valence-corrected chi connectivity index (χ3v) is 2.92. The maximum absolute atomic E-state index is 11.2. The number of carbonyl (C=O) groups excluding carboxylic acids is 2. The van der Waals surface area contributed by atoms with Crippen LogP contribution in [0.4, 0.5) is 0 Å². The highest BCUT2D eigenvalue weighted by molar-refractivity contribution is 6.28. The number of esters is 2. The van der Waals surface area contributed by atoms with Crippen LogP contribution in [0.5, 0.6) is 11.5 Å². The van der Waals surface area contributed by atoms with E-state index in [1.54, 1.807) is 12.1 Å². The van der Waals surface area contributed by atoms with Crippen molar-refractivity contribution in [3.8, 4) is 11.5 Å². The van der Waals surface area contributed by atoms with Gasteiger partial charge < -0.3 is 14.2 Å². The summed E-state index contributed by atoms with van der Waals surface area (Å²) >= 11 is 5.79. The first-order valence-corrected chi connectivity index (χ1v) is 6.62. The molecule has 0 aliphatic heterocycles. The fraction of sp³-hybridized carbons (Fsp3) is 0.333. The Hall–Kier alpha value is -2.01. The molecular formula is C15H17ClO5. The molecule has 0 bridgehead atoms. The number of ether oxygens (including phenoxy) is 3. The molecule has 0 fully saturated rings. The largest absolute Gasteiger partial charge is 0.496 e. The van der Waals surface area contributed by atoms with E-state index in [0.29, 0.717) is 22.6 Å². The molecule has 0 saturated carbocycles. The predicted molar refractivity (Wildman–Crippen MR) is 79.5 cm³/mol. The van der Waals surface area contributed by atoms with E-state index in [-0.39, 0.29) is 6.61 Å². The number of benzene rings is 1. The Labute approximate surface area is 128 Å². The number of halogens is 1. The van der Waals surface area contributed by atoms with Crippen LogP contribution in [0.15, 0.2) is 17.7 Å². The van der Waals surface area contributed by atoms with Crippen LogP contribution in [0.1, 0.15) is 25.0 Å². The summed E-state index contributed by atoms with van der Waals surface area (Å²) in [6, 6.07) is 3.36. The summed E-state index contributed by atoms with van der Waals surface area (Å²) in [6.07, 6.45) is 0. The molecule has 0 atom stereocenters. The standard InChI is InChI=1S/C15H17ClO5/c1-9-5-15(21-11(3)18)13(6-14(9)19-4)12(7-16)8-20-10(2)17/h5-7H,8H2,1-4H3. The lowest BCUT2D eigenvalue weighted by Gasteiger charge is -2.15. The average molecular weight is 313 g/mol. The Morgan fingerprint density at radius 3 is 2.33 bits per heavy atom. The van der Waals surface area contributed by atoms with Crippen molar-refractivity contribution < 1.29 is 23.8 Å². The fourth-order valence-electron chi connectivity index (χ4n) is 1.72. The summed E-state index contributed by atoms with van der Waals surface area (Å²) in [5.74, 6) is 0.0564. The molecule has 0 saturated heterocycles. The van der Waals surface area contributed by atoms with Crippen molar-refractivity contribution in [2.75, 3.05) is 13.7 Å². The van der Waals surface area contributed by atoms with Crippen molar-refractivity contribution >= 4 is 29.1 Å². The molecule has 0 radical (unpaired) electrons. The van der Waals surface area contributed by atoms with Crippen molar-refractivity contribution in [1.29, 1.82) is 0 Å². The molecule has 0 aromatic heterocycles. The van der Waals surface area contributed by atoms with E-state index in [4.69, 9.17) is 25.8 Å². The maximum atomic E-state index is 11.2. The van der Waals surface area contributed by atoms with E-state index in [1.165, 1.54) is 26.5 Å². The zero-order chi connectivity index (χ0) is 16.0. The molecule has 0 amide bonds. The van der Waals surface area contributed by atoms with Crippen LogP contribution in [0, 0.1) is 6.92 Å². The predicted octanol–water partition coefficient (Wildman–Crippen LogP) is 3.07. The van der Waals surface area contributed by atoms with Gasteiger partial charge in [-0.1, -0.05) is 11.6 Å². The van der Waals surface area contributed by atoms with Gasteiger partial charge in [-0.05, 0) is 24.6 Å². The summed E-state index contributed by atoms with van der Waals surface area (Å²) < 4.78 is 15.4. The van der Waals surface area contributed by atoms with Gasteiger partial charge >= 0.3 is 11.9 Å². The number of carbonyl (C=O) groups is 2. The quantitative estimate of drug-likeness (QED) is 0.617. The minimum Gasteiger partial charge on any atom is -0.496 e. The van der Waals surface area contributed by atoms with Gasteiger partial charge in [0, 0.05) is 30.5 Å². The normalized spacial score (nSPS) is 11.0. The molecule has 0 unspecified atom stereocenters. The Kier molecular flexibility index (Phi) is 6.24. The molecule has 0 spiro atoms. The molecule has 0 aliphatic carbocycles. The highest BCUT2D eigenvalue weighted by atomic mass is 35.5. The van der Waals surface area contributed by atoms with Crippen molar-refractivity contribution in [3.05, 3.63) is 28.8 Å². The summed E-state index contributed by atoms with van der Waals surface area (Å²) in [6.45, 7) is 4.40. The van der Waals surface area contributed by atoms with Crippen LogP contribution >= 0.6 is 11.6 Å². The number of hydrogen-bond acceptors (Lipinski definition) is 5. The van der Waals surface area contributed by atoms with Crippen LogP contribution in [0.2, 0.25) is 0 Å². The Morgan fingerprint density at radius 2 is 1.86 bits per heavy atom. The first-order valence-electron chi connectivity index (χ1n) is 6.19. The lowest BCUT2D eigenvalue weighted by molar-refractivity contribution is -0.139. The Bertz CT molecular complexity index is 578. The number of rotatable bonds is 5. The molecule has 21 heavy (non-hydrogen) atoms. The monoisotopic (exact) mass is 312 g/mol. The summed E-state index contributed by atoms with van der Waals surface area (Å²) in [5.41, 5.74) is 3.12. The third-order valence-electron chi connectivity index (χ3n) is 2.66. The van der Waals surface area contributed by atoms with Gasteiger partial charge in [0.05, 0.1) is 7.11 Å². The highest BCUT2D eigenvalue weighted by Crippen LogP contribution is 2.34. The average Bonchev–Trinajstić information content (AvgIpc) is 2.40. The van der Waals surface area contributed by atoms with E-state index < -0.39 is 11.9 Å².